The van der Waals surface area contributed by atoms with Gasteiger partial charge in [0.25, 0.3) is 0 Å². The van der Waals surface area contributed by atoms with Crippen LogP contribution in [0.4, 0.5) is 4.79 Å². The summed E-state index contributed by atoms with van der Waals surface area (Å²) in [7, 11) is 1.58. The van der Waals surface area contributed by atoms with Crippen LogP contribution < -0.4 is 5.32 Å². The van der Waals surface area contributed by atoms with E-state index in [1.807, 2.05) is 0 Å². The molecule has 0 radical (unpaired) electrons. The molecule has 0 heterocycles. The third-order valence-corrected chi connectivity index (χ3v) is 7.45. The summed E-state index contributed by atoms with van der Waals surface area (Å²) in [4.78, 5) is 48.7. The summed E-state index contributed by atoms with van der Waals surface area (Å²) in [5.74, 6) is -2.37. The molecule has 0 aliphatic heterocycles. The zero-order valence-corrected chi connectivity index (χ0v) is 22.9. The minimum absolute atomic E-state index is 0.0771. The van der Waals surface area contributed by atoms with Gasteiger partial charge in [0.05, 0.1) is 0 Å². The first-order valence-corrected chi connectivity index (χ1v) is 12.8. The molecule has 0 saturated heterocycles. The molecule has 12 nitrogen and oxygen atoms in total. The molecular weight excluding hydrogens is 494 g/mol. The summed E-state index contributed by atoms with van der Waals surface area (Å²) in [5, 5.41) is 2.53. The number of ether oxygens (including phenoxy) is 4. The highest BCUT2D eigenvalue weighted by Crippen LogP contribution is 2.18. The summed E-state index contributed by atoms with van der Waals surface area (Å²) in [6, 6.07) is 0.407. The van der Waals surface area contributed by atoms with E-state index in [9.17, 15) is 19.2 Å². The minimum Gasteiger partial charge on any atom is -0.458 e. The molecule has 0 unspecified atom stereocenters. The topological polar surface area (TPSA) is 145 Å². The lowest BCUT2D eigenvalue weighted by Crippen LogP contribution is -2.51. The van der Waals surface area contributed by atoms with Crippen LogP contribution in [0.5, 0.6) is 0 Å². The summed E-state index contributed by atoms with van der Waals surface area (Å²) in [6.07, 6.45) is -0.525. The standard InChI is InChI=1S/C23H37NO11Si/c1-16(2)19(25)32-13-23(14-33-20(26)17(3)4,15-34-21(27)18(5)6)35-22(28)24-11-10-12-36(29-7,30-8)31-9/h1,3,5,10-15H2,2,4,6-9H3,(H,24,28). The number of rotatable bonds is 17. The van der Waals surface area contributed by atoms with E-state index < -0.39 is 58.2 Å². The van der Waals surface area contributed by atoms with Crippen LogP contribution in [0.2, 0.25) is 6.04 Å². The Labute approximate surface area is 212 Å². The van der Waals surface area contributed by atoms with Crippen LogP contribution in [0, 0.1) is 0 Å². The van der Waals surface area contributed by atoms with Crippen molar-refractivity contribution in [1.82, 2.24) is 5.32 Å². The molecule has 0 spiro atoms. The second-order valence-corrected chi connectivity index (χ2v) is 11.1. The number of alkyl carbamates (subject to hydrolysis) is 1. The van der Waals surface area contributed by atoms with E-state index in [2.05, 4.69) is 25.1 Å². The van der Waals surface area contributed by atoms with Gasteiger partial charge < -0.3 is 37.5 Å². The second-order valence-electron chi connectivity index (χ2n) is 7.97. The van der Waals surface area contributed by atoms with Gasteiger partial charge in [-0.05, 0) is 27.2 Å². The zero-order valence-electron chi connectivity index (χ0n) is 21.9. The number of nitrogens with one attached hydrogen (secondary N) is 1. The Morgan fingerprint density at radius 3 is 1.39 bits per heavy atom. The molecule has 0 fully saturated rings. The normalized spacial score (nSPS) is 11.2. The van der Waals surface area contributed by atoms with Gasteiger partial charge in [0.15, 0.2) is 0 Å². The van der Waals surface area contributed by atoms with Gasteiger partial charge in [-0.15, -0.1) is 0 Å². The van der Waals surface area contributed by atoms with E-state index in [1.54, 1.807) is 0 Å². The van der Waals surface area contributed by atoms with Crippen LogP contribution in [0.1, 0.15) is 27.2 Å². The highest BCUT2D eigenvalue weighted by molar-refractivity contribution is 6.60. The Kier molecular flexibility index (Phi) is 14.6. The molecule has 1 N–H and O–H groups in total. The van der Waals surface area contributed by atoms with Gasteiger partial charge in [-0.2, -0.15) is 0 Å². The Morgan fingerprint density at radius 2 is 1.08 bits per heavy atom. The molecule has 204 valence electrons. The fourth-order valence-corrected chi connectivity index (χ4v) is 4.18. The van der Waals surface area contributed by atoms with E-state index >= 15 is 0 Å². The molecule has 0 rings (SSSR count). The molecule has 0 atom stereocenters. The molecule has 36 heavy (non-hydrogen) atoms. The molecule has 1 amide bonds. The van der Waals surface area contributed by atoms with Crippen LogP contribution in [-0.2, 0) is 46.6 Å². The molecule has 13 heteroatoms. The van der Waals surface area contributed by atoms with Crippen molar-refractivity contribution in [2.45, 2.75) is 38.8 Å². The van der Waals surface area contributed by atoms with Gasteiger partial charge in [0.1, 0.15) is 19.8 Å². The van der Waals surface area contributed by atoms with Crippen molar-refractivity contribution in [2.24, 2.45) is 0 Å². The van der Waals surface area contributed by atoms with Crippen molar-refractivity contribution in [3.63, 3.8) is 0 Å². The van der Waals surface area contributed by atoms with Crippen LogP contribution in [0.3, 0.4) is 0 Å². The van der Waals surface area contributed by atoms with Gasteiger partial charge in [-0.25, -0.2) is 19.2 Å². The van der Waals surface area contributed by atoms with Gasteiger partial charge >= 0.3 is 32.8 Å². The number of hydrogen-bond acceptors (Lipinski definition) is 11. The van der Waals surface area contributed by atoms with Crippen LogP contribution in [-0.4, -0.2) is 86.1 Å². The predicted octanol–water partition coefficient (Wildman–Crippen LogP) is 2.08. The van der Waals surface area contributed by atoms with E-state index in [1.165, 1.54) is 42.1 Å². The summed E-state index contributed by atoms with van der Waals surface area (Å²) in [6.45, 7) is 13.0. The highest BCUT2D eigenvalue weighted by atomic mass is 28.4. The Morgan fingerprint density at radius 1 is 0.722 bits per heavy atom. The van der Waals surface area contributed by atoms with Crippen molar-refractivity contribution in [1.29, 1.82) is 0 Å². The number of hydrogen-bond donors (Lipinski definition) is 1. The van der Waals surface area contributed by atoms with Crippen LogP contribution in [0.15, 0.2) is 36.5 Å². The Hall–Kier alpha value is -3.00. The molecule has 0 bridgehead atoms. The third-order valence-electron chi connectivity index (χ3n) is 4.62. The molecule has 0 aromatic rings. The van der Waals surface area contributed by atoms with Crippen molar-refractivity contribution < 1.29 is 51.4 Å². The maximum absolute atomic E-state index is 12.6. The van der Waals surface area contributed by atoms with E-state index in [0.717, 1.165) is 0 Å². The van der Waals surface area contributed by atoms with E-state index in [-0.39, 0.29) is 23.3 Å². The maximum Gasteiger partial charge on any atom is 0.500 e. The van der Waals surface area contributed by atoms with Gasteiger partial charge in [0.2, 0.25) is 5.60 Å². The fourth-order valence-electron chi connectivity index (χ4n) is 2.46. The first-order chi connectivity index (χ1) is 16.8. The predicted molar refractivity (Wildman–Crippen MR) is 131 cm³/mol. The average Bonchev–Trinajstić information content (AvgIpc) is 2.84. The number of carbonyl (C=O) groups excluding carboxylic acids is 4. The minimum atomic E-state index is -2.83. The monoisotopic (exact) mass is 531 g/mol. The Bertz CT molecular complexity index is 754. The lowest BCUT2D eigenvalue weighted by atomic mass is 10.1. The lowest BCUT2D eigenvalue weighted by Gasteiger charge is -2.32. The number of carbonyl (C=O) groups is 4. The van der Waals surface area contributed by atoms with Crippen molar-refractivity contribution in [2.75, 3.05) is 47.7 Å². The van der Waals surface area contributed by atoms with Crippen LogP contribution >= 0.6 is 0 Å². The van der Waals surface area contributed by atoms with Crippen molar-refractivity contribution in [3.05, 3.63) is 36.5 Å². The maximum atomic E-state index is 12.6. The molecule has 0 saturated carbocycles. The number of esters is 3. The first-order valence-electron chi connectivity index (χ1n) is 10.9. The zero-order chi connectivity index (χ0) is 27.9. The SMILES string of the molecule is C=C(C)C(=O)OCC(COC(=O)C(=C)C)(COC(=O)C(=C)C)OC(=O)NCCC[Si](OC)(OC)OC. The van der Waals surface area contributed by atoms with Gasteiger partial charge in [-0.3, -0.25) is 0 Å². The molecule has 0 aromatic heterocycles. The van der Waals surface area contributed by atoms with Crippen molar-refractivity contribution in [3.8, 4) is 0 Å². The highest BCUT2D eigenvalue weighted by Gasteiger charge is 2.41. The van der Waals surface area contributed by atoms with Gasteiger partial charge in [0, 0.05) is 50.6 Å². The quantitative estimate of drug-likeness (QED) is 0.0968. The van der Waals surface area contributed by atoms with Crippen molar-refractivity contribution >= 4 is 32.8 Å². The number of amides is 1. The fraction of sp³-hybridized carbons (Fsp3) is 0.565. The molecule has 0 aromatic carbocycles. The van der Waals surface area contributed by atoms with Gasteiger partial charge in [-0.1, -0.05) is 19.7 Å². The Balaban J connectivity index is 5.63. The lowest BCUT2D eigenvalue weighted by molar-refractivity contribution is -0.170. The smallest absolute Gasteiger partial charge is 0.458 e. The largest absolute Gasteiger partial charge is 0.500 e. The molecular formula is C23H37NO11Si. The van der Waals surface area contributed by atoms with Crippen LogP contribution in [0.25, 0.3) is 0 Å². The average molecular weight is 532 g/mol. The summed E-state index contributed by atoms with van der Waals surface area (Å²) < 4.78 is 36.9. The van der Waals surface area contributed by atoms with E-state index in [0.29, 0.717) is 12.5 Å². The summed E-state index contributed by atoms with van der Waals surface area (Å²) >= 11 is 0. The molecule has 0 aliphatic carbocycles. The first kappa shape index (κ1) is 33.0. The third kappa shape index (κ3) is 11.6. The summed E-state index contributed by atoms with van der Waals surface area (Å²) in [5.41, 5.74) is -1.65. The molecule has 0 aliphatic rings. The second kappa shape index (κ2) is 15.9. The van der Waals surface area contributed by atoms with E-state index in [4.69, 9.17) is 32.2 Å².